The van der Waals surface area contributed by atoms with E-state index in [1.165, 1.54) is 11.3 Å². The van der Waals surface area contributed by atoms with Gasteiger partial charge in [-0.15, -0.1) is 11.3 Å². The first-order chi connectivity index (χ1) is 7.25. The van der Waals surface area contributed by atoms with Gasteiger partial charge in [0.2, 0.25) is 0 Å². The zero-order valence-corrected chi connectivity index (χ0v) is 9.09. The smallest absolute Gasteiger partial charge is 0.336 e. The third-order valence-corrected chi connectivity index (χ3v) is 3.41. The van der Waals surface area contributed by atoms with Crippen LogP contribution in [0.3, 0.4) is 0 Å². The minimum atomic E-state index is -0.847. The maximum Gasteiger partial charge on any atom is 0.336 e. The molecule has 1 aliphatic rings. The van der Waals surface area contributed by atoms with Crippen molar-refractivity contribution in [3.63, 3.8) is 0 Å². The van der Waals surface area contributed by atoms with Gasteiger partial charge in [-0.2, -0.15) is 0 Å². The quantitative estimate of drug-likeness (QED) is 0.770. The normalized spacial score (nSPS) is 16.0. The van der Waals surface area contributed by atoms with Gasteiger partial charge in [-0.25, -0.2) is 4.79 Å². The molecule has 1 heterocycles. The lowest BCUT2D eigenvalue weighted by molar-refractivity contribution is 0.0697. The zero-order chi connectivity index (χ0) is 10.7. The number of carboxylic acid groups (broad SMARTS) is 1. The largest absolute Gasteiger partial charge is 0.478 e. The van der Waals surface area contributed by atoms with Crippen molar-refractivity contribution >= 4 is 17.3 Å². The van der Waals surface area contributed by atoms with Crippen molar-refractivity contribution in [2.75, 3.05) is 0 Å². The average molecular weight is 223 g/mol. The van der Waals surface area contributed by atoms with E-state index in [1.807, 2.05) is 0 Å². The Kier molecular flexibility index (Phi) is 3.18. The number of hydrogen-bond acceptors (Lipinski definition) is 3. The fraction of sp³-hybridized carbons (Fsp3) is 0.364. The molecule has 0 fully saturated rings. The predicted molar refractivity (Wildman–Crippen MR) is 60.3 cm³/mol. The van der Waals surface area contributed by atoms with Crippen LogP contribution in [0.4, 0.5) is 0 Å². The minimum Gasteiger partial charge on any atom is -0.478 e. The van der Waals surface area contributed by atoms with Crippen molar-refractivity contribution in [3.05, 3.63) is 34.0 Å². The summed E-state index contributed by atoms with van der Waals surface area (Å²) in [7, 11) is 0. The van der Waals surface area contributed by atoms with Crippen molar-refractivity contribution < 1.29 is 9.90 Å². The highest BCUT2D eigenvalue weighted by atomic mass is 32.1. The molecule has 0 spiro atoms. The molecule has 0 unspecified atom stereocenters. The van der Waals surface area contributed by atoms with Gasteiger partial charge < -0.3 is 10.4 Å². The second-order valence-electron chi connectivity index (χ2n) is 3.63. The van der Waals surface area contributed by atoms with Crippen LogP contribution in [0.1, 0.15) is 28.1 Å². The standard InChI is InChI=1S/C11H13NO2S/c13-11(14)8-5-10(15-7-8)6-12-9-3-1-2-4-9/h1-2,5,7,9,12H,3-4,6H2,(H,13,14). The fourth-order valence-corrected chi connectivity index (χ4v) is 2.42. The van der Waals surface area contributed by atoms with Gasteiger partial charge in [0.05, 0.1) is 5.56 Å². The van der Waals surface area contributed by atoms with Gasteiger partial charge in [0.25, 0.3) is 0 Å². The average Bonchev–Trinajstić information content (AvgIpc) is 2.86. The first kappa shape index (κ1) is 10.4. The van der Waals surface area contributed by atoms with Crippen LogP contribution in [0.25, 0.3) is 0 Å². The van der Waals surface area contributed by atoms with Crippen molar-refractivity contribution in [1.82, 2.24) is 5.32 Å². The minimum absolute atomic E-state index is 0.390. The molecule has 0 amide bonds. The first-order valence-corrected chi connectivity index (χ1v) is 5.83. The molecular weight excluding hydrogens is 210 g/mol. The molecule has 15 heavy (non-hydrogen) atoms. The van der Waals surface area contributed by atoms with Crippen LogP contribution in [0.5, 0.6) is 0 Å². The van der Waals surface area contributed by atoms with Crippen LogP contribution < -0.4 is 5.32 Å². The van der Waals surface area contributed by atoms with Crippen molar-refractivity contribution in [2.24, 2.45) is 0 Å². The van der Waals surface area contributed by atoms with Crippen molar-refractivity contribution in [2.45, 2.75) is 25.4 Å². The second kappa shape index (κ2) is 4.59. The topological polar surface area (TPSA) is 49.3 Å². The number of hydrogen-bond donors (Lipinski definition) is 2. The van der Waals surface area contributed by atoms with Crippen LogP contribution in [0, 0.1) is 0 Å². The lowest BCUT2D eigenvalue weighted by atomic mass is 10.2. The van der Waals surface area contributed by atoms with E-state index in [0.29, 0.717) is 11.6 Å². The number of carboxylic acids is 1. The molecule has 1 aromatic rings. The van der Waals surface area contributed by atoms with E-state index >= 15 is 0 Å². The molecular formula is C11H13NO2S. The van der Waals surface area contributed by atoms with Crippen LogP contribution in [0.15, 0.2) is 23.6 Å². The number of thiophene rings is 1. The van der Waals surface area contributed by atoms with E-state index in [4.69, 9.17) is 5.11 Å². The summed E-state index contributed by atoms with van der Waals surface area (Å²) < 4.78 is 0. The highest BCUT2D eigenvalue weighted by Crippen LogP contribution is 2.16. The molecule has 0 radical (unpaired) electrons. The van der Waals surface area contributed by atoms with Gasteiger partial charge in [0, 0.05) is 22.8 Å². The summed E-state index contributed by atoms with van der Waals surface area (Å²) in [6, 6.07) is 2.27. The molecule has 2 N–H and O–H groups in total. The molecule has 0 atom stereocenters. The summed E-state index contributed by atoms with van der Waals surface area (Å²) in [6.07, 6.45) is 6.51. The molecule has 1 aliphatic carbocycles. The molecule has 1 aromatic heterocycles. The predicted octanol–water partition coefficient (Wildman–Crippen LogP) is 2.25. The Morgan fingerprint density at radius 2 is 2.27 bits per heavy atom. The molecule has 80 valence electrons. The van der Waals surface area contributed by atoms with E-state index in [-0.39, 0.29) is 0 Å². The Morgan fingerprint density at radius 3 is 2.87 bits per heavy atom. The van der Waals surface area contributed by atoms with Gasteiger partial charge in [0.15, 0.2) is 0 Å². The SMILES string of the molecule is O=C(O)c1csc(CNC2CC=CC2)c1. The summed E-state index contributed by atoms with van der Waals surface area (Å²) in [6.45, 7) is 0.768. The monoisotopic (exact) mass is 223 g/mol. The number of rotatable bonds is 4. The maximum absolute atomic E-state index is 10.7. The van der Waals surface area contributed by atoms with E-state index in [9.17, 15) is 4.79 Å². The number of carbonyl (C=O) groups is 1. The first-order valence-electron chi connectivity index (χ1n) is 4.95. The van der Waals surface area contributed by atoms with Gasteiger partial charge in [-0.1, -0.05) is 12.2 Å². The van der Waals surface area contributed by atoms with Gasteiger partial charge in [0.1, 0.15) is 0 Å². The summed E-state index contributed by atoms with van der Waals surface area (Å²) >= 11 is 1.50. The van der Waals surface area contributed by atoms with Crippen LogP contribution in [-0.2, 0) is 6.54 Å². The van der Waals surface area contributed by atoms with Crippen LogP contribution in [-0.4, -0.2) is 17.1 Å². The summed E-state index contributed by atoms with van der Waals surface area (Å²) in [4.78, 5) is 11.7. The molecule has 2 rings (SSSR count). The summed E-state index contributed by atoms with van der Waals surface area (Å²) in [5.74, 6) is -0.847. The van der Waals surface area contributed by atoms with Crippen molar-refractivity contribution in [1.29, 1.82) is 0 Å². The number of nitrogens with one attached hydrogen (secondary N) is 1. The molecule has 0 saturated carbocycles. The van der Waals surface area contributed by atoms with E-state index < -0.39 is 5.97 Å². The zero-order valence-electron chi connectivity index (χ0n) is 8.27. The molecule has 4 heteroatoms. The molecule has 0 aliphatic heterocycles. The van der Waals surface area contributed by atoms with Gasteiger partial charge in [-0.05, 0) is 18.9 Å². The number of aromatic carboxylic acids is 1. The third kappa shape index (κ3) is 2.67. The van der Waals surface area contributed by atoms with Gasteiger partial charge >= 0.3 is 5.97 Å². The Morgan fingerprint density at radius 1 is 1.53 bits per heavy atom. The highest BCUT2D eigenvalue weighted by Gasteiger charge is 2.10. The van der Waals surface area contributed by atoms with Crippen LogP contribution >= 0.6 is 11.3 Å². The summed E-state index contributed by atoms with van der Waals surface area (Å²) in [5.41, 5.74) is 0.390. The Hall–Kier alpha value is -1.13. The van der Waals surface area contributed by atoms with Gasteiger partial charge in [-0.3, -0.25) is 0 Å². The molecule has 0 saturated heterocycles. The fourth-order valence-electron chi connectivity index (χ4n) is 1.61. The van der Waals surface area contributed by atoms with Crippen molar-refractivity contribution in [3.8, 4) is 0 Å². The van der Waals surface area contributed by atoms with Crippen LogP contribution in [0.2, 0.25) is 0 Å². The lowest BCUT2D eigenvalue weighted by Crippen LogP contribution is -2.25. The molecule has 3 nitrogen and oxygen atoms in total. The maximum atomic E-state index is 10.7. The third-order valence-electron chi connectivity index (χ3n) is 2.47. The lowest BCUT2D eigenvalue weighted by Gasteiger charge is -2.09. The second-order valence-corrected chi connectivity index (χ2v) is 4.62. The molecule has 0 aromatic carbocycles. The van der Waals surface area contributed by atoms with E-state index in [0.717, 1.165) is 24.3 Å². The Balaban J connectivity index is 1.85. The highest BCUT2D eigenvalue weighted by molar-refractivity contribution is 7.10. The Labute approximate surface area is 92.4 Å². The molecule has 0 bridgehead atoms. The van der Waals surface area contributed by atoms with E-state index in [1.54, 1.807) is 11.4 Å². The summed E-state index contributed by atoms with van der Waals surface area (Å²) in [5, 5.41) is 13.8. The Bertz CT molecular complexity index is 376. The van der Waals surface area contributed by atoms with E-state index in [2.05, 4.69) is 17.5 Å².